The normalized spacial score (nSPS) is 18.0. The van der Waals surface area contributed by atoms with Gasteiger partial charge in [0, 0.05) is 25.6 Å². The highest BCUT2D eigenvalue weighted by Crippen LogP contribution is 2.15. The minimum absolute atomic E-state index is 0.0924. The van der Waals surface area contributed by atoms with Gasteiger partial charge in [-0.15, -0.1) is 0 Å². The van der Waals surface area contributed by atoms with Crippen LogP contribution >= 0.6 is 0 Å². The smallest absolute Gasteiger partial charge is 0.241 e. The topological polar surface area (TPSA) is 95.6 Å². The van der Waals surface area contributed by atoms with Gasteiger partial charge in [0.1, 0.15) is 5.82 Å². The Kier molecular flexibility index (Phi) is 8.15. The largest absolute Gasteiger partial charge is 0.352 e. The standard InChI is InChI=1S/C20H30FN3O4S/c1-14(2)8-10-24-11-9-16(4-7-20(24)26)23-19(25)13-22-29(27,28)17-5-6-18(21)15(3)12-17/h5-6,12,14,16,22H,4,7-11,13H2,1-3H3,(H,23,25). The molecule has 9 heteroatoms. The predicted octanol–water partition coefficient (Wildman–Crippen LogP) is 1.96. The van der Waals surface area contributed by atoms with Crippen molar-refractivity contribution in [1.82, 2.24) is 14.9 Å². The number of carbonyl (C=O) groups excluding carboxylic acids is 2. The second kappa shape index (κ2) is 10.2. The average molecular weight is 428 g/mol. The second-order valence-electron chi connectivity index (χ2n) is 7.89. The highest BCUT2D eigenvalue weighted by molar-refractivity contribution is 7.89. The van der Waals surface area contributed by atoms with Crippen LogP contribution in [0, 0.1) is 18.7 Å². The van der Waals surface area contributed by atoms with E-state index in [0.29, 0.717) is 38.3 Å². The zero-order valence-electron chi connectivity index (χ0n) is 17.2. The third-order valence-corrected chi connectivity index (χ3v) is 6.41. The zero-order chi connectivity index (χ0) is 21.6. The monoisotopic (exact) mass is 427 g/mol. The molecule has 0 radical (unpaired) electrons. The predicted molar refractivity (Wildman–Crippen MR) is 108 cm³/mol. The van der Waals surface area contributed by atoms with Crippen LogP contribution in [0.1, 0.15) is 45.1 Å². The highest BCUT2D eigenvalue weighted by Gasteiger charge is 2.24. The van der Waals surface area contributed by atoms with Crippen LogP contribution in [-0.4, -0.2) is 50.8 Å². The number of likely N-dealkylation sites (tertiary alicyclic amines) is 1. The van der Waals surface area contributed by atoms with Gasteiger partial charge >= 0.3 is 0 Å². The molecule has 0 bridgehead atoms. The van der Waals surface area contributed by atoms with E-state index in [1.807, 2.05) is 4.90 Å². The number of amides is 2. The van der Waals surface area contributed by atoms with Crippen molar-refractivity contribution in [3.8, 4) is 0 Å². The van der Waals surface area contributed by atoms with Gasteiger partial charge in [-0.05, 0) is 55.9 Å². The molecule has 1 aliphatic rings. The fourth-order valence-corrected chi connectivity index (χ4v) is 4.21. The molecule has 0 aliphatic carbocycles. The summed E-state index contributed by atoms with van der Waals surface area (Å²) in [5.41, 5.74) is 0.211. The number of hydrogen-bond acceptors (Lipinski definition) is 4. The molecule has 1 aliphatic heterocycles. The zero-order valence-corrected chi connectivity index (χ0v) is 18.0. The van der Waals surface area contributed by atoms with Crippen molar-refractivity contribution < 1.29 is 22.4 Å². The lowest BCUT2D eigenvalue weighted by molar-refractivity contribution is -0.130. The van der Waals surface area contributed by atoms with E-state index in [1.165, 1.54) is 13.0 Å². The Bertz CT molecular complexity index is 842. The van der Waals surface area contributed by atoms with E-state index in [1.54, 1.807) is 0 Å². The molecule has 2 N–H and O–H groups in total. The third kappa shape index (κ3) is 7.08. The van der Waals surface area contributed by atoms with Gasteiger partial charge in [-0.25, -0.2) is 17.5 Å². The van der Waals surface area contributed by atoms with E-state index in [0.717, 1.165) is 18.6 Å². The van der Waals surface area contributed by atoms with Crippen LogP contribution < -0.4 is 10.0 Å². The molecule has 0 aromatic heterocycles. The van der Waals surface area contributed by atoms with Crippen molar-refractivity contribution in [2.75, 3.05) is 19.6 Å². The number of carbonyl (C=O) groups is 2. The number of halogens is 1. The Morgan fingerprint density at radius 3 is 2.69 bits per heavy atom. The summed E-state index contributed by atoms with van der Waals surface area (Å²) in [5.74, 6) is -0.346. The van der Waals surface area contributed by atoms with Gasteiger partial charge in [0.25, 0.3) is 0 Å². The molecule has 1 heterocycles. The second-order valence-corrected chi connectivity index (χ2v) is 9.66. The van der Waals surface area contributed by atoms with Crippen molar-refractivity contribution in [2.24, 2.45) is 5.92 Å². The van der Waals surface area contributed by atoms with Crippen molar-refractivity contribution in [1.29, 1.82) is 0 Å². The fraction of sp³-hybridized carbons (Fsp3) is 0.600. The van der Waals surface area contributed by atoms with Gasteiger partial charge in [-0.1, -0.05) is 13.8 Å². The van der Waals surface area contributed by atoms with Crippen molar-refractivity contribution >= 4 is 21.8 Å². The lowest BCUT2D eigenvalue weighted by atomic mass is 10.1. The molecule has 162 valence electrons. The first-order valence-electron chi connectivity index (χ1n) is 9.91. The SMILES string of the molecule is Cc1cc(S(=O)(=O)NCC(=O)NC2CCC(=O)N(CCC(C)C)CC2)ccc1F. The highest BCUT2D eigenvalue weighted by atomic mass is 32.2. The van der Waals surface area contributed by atoms with Crippen molar-refractivity contribution in [3.05, 3.63) is 29.6 Å². The van der Waals surface area contributed by atoms with Gasteiger partial charge in [-0.3, -0.25) is 9.59 Å². The van der Waals surface area contributed by atoms with E-state index in [4.69, 9.17) is 0 Å². The molecule has 1 fully saturated rings. The van der Waals surface area contributed by atoms with Crippen LogP contribution in [0.15, 0.2) is 23.1 Å². The Morgan fingerprint density at radius 1 is 1.31 bits per heavy atom. The summed E-state index contributed by atoms with van der Waals surface area (Å²) < 4.78 is 40.2. The van der Waals surface area contributed by atoms with E-state index in [-0.39, 0.29) is 22.4 Å². The maximum atomic E-state index is 13.3. The van der Waals surface area contributed by atoms with E-state index in [2.05, 4.69) is 23.9 Å². The lowest BCUT2D eigenvalue weighted by Crippen LogP contribution is -2.42. The number of sulfonamides is 1. The summed E-state index contributed by atoms with van der Waals surface area (Å²) in [5, 5.41) is 2.80. The summed E-state index contributed by atoms with van der Waals surface area (Å²) in [4.78, 5) is 26.2. The minimum atomic E-state index is -3.92. The molecule has 1 aromatic rings. The van der Waals surface area contributed by atoms with Gasteiger partial charge in [-0.2, -0.15) is 0 Å². The van der Waals surface area contributed by atoms with Gasteiger partial charge in [0.15, 0.2) is 0 Å². The molecule has 0 saturated carbocycles. The number of benzene rings is 1. The Hall–Kier alpha value is -2.00. The molecular weight excluding hydrogens is 397 g/mol. The first kappa shape index (κ1) is 23.3. The van der Waals surface area contributed by atoms with Crippen molar-refractivity contribution in [2.45, 2.75) is 57.4 Å². The van der Waals surface area contributed by atoms with Crippen LogP contribution in [-0.2, 0) is 19.6 Å². The average Bonchev–Trinajstić information content (AvgIpc) is 2.82. The number of nitrogens with zero attached hydrogens (tertiary/aromatic N) is 1. The van der Waals surface area contributed by atoms with E-state index < -0.39 is 28.3 Å². The summed E-state index contributed by atoms with van der Waals surface area (Å²) in [6, 6.07) is 3.29. The molecule has 7 nitrogen and oxygen atoms in total. The minimum Gasteiger partial charge on any atom is -0.352 e. The molecule has 0 spiro atoms. The molecule has 1 aromatic carbocycles. The van der Waals surface area contributed by atoms with Crippen LogP contribution in [0.25, 0.3) is 0 Å². The van der Waals surface area contributed by atoms with Gasteiger partial charge < -0.3 is 10.2 Å². The molecule has 2 amide bonds. The lowest BCUT2D eigenvalue weighted by Gasteiger charge is -2.22. The Labute approximate surface area is 172 Å². The number of hydrogen-bond donors (Lipinski definition) is 2. The van der Waals surface area contributed by atoms with Crippen LogP contribution in [0.2, 0.25) is 0 Å². The molecule has 2 rings (SSSR count). The van der Waals surface area contributed by atoms with Gasteiger partial charge in [0.05, 0.1) is 11.4 Å². The van der Waals surface area contributed by atoms with Crippen LogP contribution in [0.3, 0.4) is 0 Å². The quantitative estimate of drug-likeness (QED) is 0.663. The maximum absolute atomic E-state index is 13.3. The third-order valence-electron chi connectivity index (χ3n) is 5.01. The molecule has 1 unspecified atom stereocenters. The van der Waals surface area contributed by atoms with Crippen LogP contribution in [0.5, 0.6) is 0 Å². The van der Waals surface area contributed by atoms with Gasteiger partial charge in [0.2, 0.25) is 21.8 Å². The summed E-state index contributed by atoms with van der Waals surface area (Å²) in [6.45, 7) is 6.57. The van der Waals surface area contributed by atoms with Crippen molar-refractivity contribution in [3.63, 3.8) is 0 Å². The molecule has 1 atom stereocenters. The number of nitrogens with one attached hydrogen (secondary N) is 2. The first-order valence-corrected chi connectivity index (χ1v) is 11.4. The number of rotatable bonds is 8. The maximum Gasteiger partial charge on any atom is 0.241 e. The molecular formula is C20H30FN3O4S. The number of aryl methyl sites for hydroxylation is 1. The molecule has 1 saturated heterocycles. The van der Waals surface area contributed by atoms with E-state index >= 15 is 0 Å². The molecule has 29 heavy (non-hydrogen) atoms. The summed E-state index contributed by atoms with van der Waals surface area (Å²) in [6.07, 6.45) is 2.48. The van der Waals surface area contributed by atoms with E-state index in [9.17, 15) is 22.4 Å². The van der Waals surface area contributed by atoms with Crippen LogP contribution in [0.4, 0.5) is 4.39 Å². The summed E-state index contributed by atoms with van der Waals surface area (Å²) in [7, 11) is -3.92. The first-order chi connectivity index (χ1) is 13.6. The summed E-state index contributed by atoms with van der Waals surface area (Å²) >= 11 is 0. The fourth-order valence-electron chi connectivity index (χ4n) is 3.14. The Balaban J connectivity index is 1.85. The Morgan fingerprint density at radius 2 is 2.03 bits per heavy atom.